The van der Waals surface area contributed by atoms with Crippen molar-refractivity contribution in [2.24, 2.45) is 0 Å². The topological polar surface area (TPSA) is 193 Å². The molecule has 0 radical (unpaired) electrons. The Labute approximate surface area is 314 Å². The van der Waals surface area contributed by atoms with Crippen LogP contribution >= 0.6 is 47.0 Å². The van der Waals surface area contributed by atoms with Gasteiger partial charge in [0.2, 0.25) is 0 Å². The van der Waals surface area contributed by atoms with Crippen molar-refractivity contribution >= 4 is 106 Å². The van der Waals surface area contributed by atoms with Crippen LogP contribution in [0.1, 0.15) is 27.7 Å². The van der Waals surface area contributed by atoms with Crippen molar-refractivity contribution in [3.63, 3.8) is 0 Å². The van der Waals surface area contributed by atoms with Crippen molar-refractivity contribution in [3.8, 4) is 0 Å². The Morgan fingerprint density at radius 2 is 0.673 bits per heavy atom. The molecule has 5 rings (SSSR count). The molecule has 0 aromatic heterocycles. The molecule has 0 saturated carbocycles. The highest BCUT2D eigenvalue weighted by Gasteiger charge is 2.54. The number of carbonyl (C=O) groups excluding carboxylic acids is 8. The smallest absolute Gasteiger partial charge is 0.437 e. The second-order valence-corrected chi connectivity index (χ2v) is 15.4. The predicted octanol–water partition coefficient (Wildman–Crippen LogP) is 4.44. The first-order chi connectivity index (χ1) is 24.7. The molecular weight excluding hydrogens is 765 g/mol. The van der Waals surface area contributed by atoms with E-state index >= 15 is 0 Å². The van der Waals surface area contributed by atoms with Crippen LogP contribution in [0.15, 0.2) is 39.2 Å². The lowest BCUT2D eigenvalue weighted by molar-refractivity contribution is -0.140. The first-order valence-electron chi connectivity index (χ1n) is 15.5. The first kappa shape index (κ1) is 38.7. The van der Waals surface area contributed by atoms with E-state index in [-0.39, 0.29) is 34.9 Å². The molecule has 0 atom stereocenters. The number of anilines is 2. The van der Waals surface area contributed by atoms with Crippen LogP contribution in [0.5, 0.6) is 0 Å². The van der Waals surface area contributed by atoms with Crippen molar-refractivity contribution in [2.75, 3.05) is 64.4 Å². The Morgan fingerprint density at radius 3 is 0.846 bits per heavy atom. The highest BCUT2D eigenvalue weighted by atomic mass is 32.2. The van der Waals surface area contributed by atoms with Crippen molar-refractivity contribution < 1.29 is 57.3 Å². The van der Waals surface area contributed by atoms with Gasteiger partial charge in [0.05, 0.1) is 65.9 Å². The van der Waals surface area contributed by atoms with Crippen molar-refractivity contribution in [1.82, 2.24) is 20.0 Å². The number of benzene rings is 1. The lowest BCUT2D eigenvalue weighted by atomic mass is 10.2. The van der Waals surface area contributed by atoms with Crippen LogP contribution in [0.25, 0.3) is 0 Å². The fraction of sp³-hybridized carbons (Fsp3) is 0.400. The van der Waals surface area contributed by atoms with E-state index in [9.17, 15) is 38.4 Å². The molecule has 0 spiro atoms. The molecule has 52 heavy (non-hydrogen) atoms. The minimum Gasteiger partial charge on any atom is -0.448 e. The lowest BCUT2D eigenvalue weighted by Crippen LogP contribution is -2.48. The Morgan fingerprint density at radius 1 is 0.462 bits per heavy atom. The molecule has 2 fully saturated rings. The maximum absolute atomic E-state index is 13.7. The van der Waals surface area contributed by atoms with Crippen LogP contribution in [0.4, 0.5) is 30.6 Å². The number of hydrazine groups is 2. The average molecular weight is 797 g/mol. The highest BCUT2D eigenvalue weighted by molar-refractivity contribution is 8.26. The fourth-order valence-electron chi connectivity index (χ4n) is 5.16. The minimum atomic E-state index is -1.23. The van der Waals surface area contributed by atoms with E-state index in [4.69, 9.17) is 18.9 Å². The quantitative estimate of drug-likeness (QED) is 0.170. The van der Waals surface area contributed by atoms with Gasteiger partial charge in [-0.05, 0) is 27.7 Å². The Hall–Kier alpha value is -4.54. The SMILES string of the molecule is CCOC(=O)N1C(=O)C(=C2Sc3c(c(N(C)C)c4c(c3N(C)C)SC(=C3C(=O)N(C(=O)OCC)N(C(=O)OCC)C3=O)S4)S2)C(=O)N1C(=O)OCC. The number of amides is 8. The number of hydrogen-bond acceptors (Lipinski definition) is 18. The molecule has 1 aromatic rings. The zero-order chi connectivity index (χ0) is 38.3. The van der Waals surface area contributed by atoms with Gasteiger partial charge in [-0.1, -0.05) is 47.0 Å². The van der Waals surface area contributed by atoms with Crippen LogP contribution in [-0.4, -0.2) is 123 Å². The van der Waals surface area contributed by atoms with E-state index < -0.39 is 59.1 Å². The maximum atomic E-state index is 13.7. The summed E-state index contributed by atoms with van der Waals surface area (Å²) in [5.41, 5.74) is 0.318. The molecule has 2 saturated heterocycles. The molecule has 18 nitrogen and oxygen atoms in total. The summed E-state index contributed by atoms with van der Waals surface area (Å²) in [5, 5.41) is 1.26. The van der Waals surface area contributed by atoms with Gasteiger partial charge >= 0.3 is 24.4 Å². The molecule has 22 heteroatoms. The van der Waals surface area contributed by atoms with Gasteiger partial charge in [-0.2, -0.15) is 0 Å². The van der Waals surface area contributed by atoms with Crippen LogP contribution in [-0.2, 0) is 38.1 Å². The molecule has 0 N–H and O–H groups in total. The van der Waals surface area contributed by atoms with Gasteiger partial charge in [-0.15, -0.1) is 20.0 Å². The van der Waals surface area contributed by atoms with Gasteiger partial charge in [0.25, 0.3) is 23.6 Å². The normalized spacial score (nSPS) is 16.6. The van der Waals surface area contributed by atoms with Gasteiger partial charge < -0.3 is 28.7 Å². The first-order valence-corrected chi connectivity index (χ1v) is 18.8. The molecule has 4 heterocycles. The summed E-state index contributed by atoms with van der Waals surface area (Å²) < 4.78 is 20.2. The lowest BCUT2D eigenvalue weighted by Gasteiger charge is -2.25. The van der Waals surface area contributed by atoms with Gasteiger partial charge in [0.15, 0.2) is 0 Å². The van der Waals surface area contributed by atoms with Gasteiger partial charge in [0.1, 0.15) is 11.1 Å². The zero-order valence-electron chi connectivity index (χ0n) is 29.0. The number of rotatable bonds is 6. The number of nitrogens with zero attached hydrogens (tertiary/aromatic N) is 6. The van der Waals surface area contributed by atoms with Crippen molar-refractivity contribution in [2.45, 2.75) is 47.3 Å². The summed E-state index contributed by atoms with van der Waals surface area (Å²) in [6.45, 7) is 5.47. The molecule has 278 valence electrons. The highest BCUT2D eigenvalue weighted by Crippen LogP contribution is 2.68. The summed E-state index contributed by atoms with van der Waals surface area (Å²) in [6, 6.07) is 0. The molecule has 0 bridgehead atoms. The third kappa shape index (κ3) is 6.30. The standard InChI is InChI=1S/C30H32N6O12S4/c1-9-45-27(41)33-21(37)13(22(38)34(33)28(42)46-10-2)25-49-17-15(31(5)6)19-20(16(32(7)8)18(17)50-25)52-26(51-19)14-23(39)35(29(43)47-11-3)36(24(14)40)30(44)48-12-4/h9-12H2,1-8H3. The number of fused-ring (bicyclic) bond motifs is 2. The van der Waals surface area contributed by atoms with E-state index in [1.807, 2.05) is 0 Å². The third-order valence-corrected chi connectivity index (χ3v) is 12.4. The number of carbonyl (C=O) groups is 8. The molecule has 8 amide bonds. The molecule has 0 aliphatic carbocycles. The van der Waals surface area contributed by atoms with Crippen LogP contribution in [0.2, 0.25) is 0 Å². The van der Waals surface area contributed by atoms with E-state index in [0.717, 1.165) is 47.0 Å². The molecule has 1 aromatic carbocycles. The van der Waals surface area contributed by atoms with Gasteiger partial charge in [-0.3, -0.25) is 19.2 Å². The number of imide groups is 4. The number of thioether (sulfide) groups is 4. The average Bonchev–Trinajstić information content (AvgIpc) is 3.80. The van der Waals surface area contributed by atoms with Gasteiger partial charge in [-0.25, -0.2) is 19.2 Å². The van der Waals surface area contributed by atoms with Crippen LogP contribution in [0.3, 0.4) is 0 Å². The van der Waals surface area contributed by atoms with Crippen LogP contribution < -0.4 is 9.80 Å². The van der Waals surface area contributed by atoms with Gasteiger partial charge in [0, 0.05) is 28.2 Å². The maximum Gasteiger partial charge on any atom is 0.437 e. The Balaban J connectivity index is 1.64. The Kier molecular flexibility index (Phi) is 11.3. The summed E-state index contributed by atoms with van der Waals surface area (Å²) in [5.74, 6) is -4.29. The molecule has 4 aliphatic rings. The second-order valence-electron chi connectivity index (χ2n) is 10.8. The zero-order valence-corrected chi connectivity index (χ0v) is 32.3. The summed E-state index contributed by atoms with van der Waals surface area (Å²) >= 11 is 4.26. The summed E-state index contributed by atoms with van der Waals surface area (Å²) in [7, 11) is 7.02. The number of hydrogen-bond donors (Lipinski definition) is 0. The Bertz CT molecular complexity index is 1650. The third-order valence-electron chi connectivity index (χ3n) is 7.14. The summed E-state index contributed by atoms with van der Waals surface area (Å²) in [6.07, 6.45) is -4.93. The molecule has 0 unspecified atom stereocenters. The van der Waals surface area contributed by atoms with Crippen molar-refractivity contribution in [3.05, 3.63) is 19.6 Å². The summed E-state index contributed by atoms with van der Waals surface area (Å²) in [4.78, 5) is 112. The van der Waals surface area contributed by atoms with E-state index in [2.05, 4.69) is 0 Å². The van der Waals surface area contributed by atoms with E-state index in [0.29, 0.717) is 51.0 Å². The van der Waals surface area contributed by atoms with E-state index in [1.165, 1.54) is 27.7 Å². The predicted molar refractivity (Wildman–Crippen MR) is 188 cm³/mol. The monoisotopic (exact) mass is 796 g/mol. The van der Waals surface area contributed by atoms with Crippen LogP contribution in [0, 0.1) is 0 Å². The van der Waals surface area contributed by atoms with E-state index in [1.54, 1.807) is 38.0 Å². The minimum absolute atomic E-state index is 0.134. The largest absolute Gasteiger partial charge is 0.448 e. The second kappa shape index (κ2) is 15.2. The van der Waals surface area contributed by atoms with Crippen molar-refractivity contribution in [1.29, 1.82) is 0 Å². The molecule has 4 aliphatic heterocycles. The number of ether oxygens (including phenoxy) is 4. The fourth-order valence-corrected chi connectivity index (χ4v) is 11.3. The molecular formula is C30H32N6O12S4.